The molecule has 0 saturated heterocycles. The highest BCUT2D eigenvalue weighted by Crippen LogP contribution is 2.30. The van der Waals surface area contributed by atoms with E-state index < -0.39 is 0 Å². The summed E-state index contributed by atoms with van der Waals surface area (Å²) in [6.45, 7) is 1.27. The molecule has 1 aromatic rings. The van der Waals surface area contributed by atoms with E-state index >= 15 is 0 Å². The molecule has 17 heavy (non-hydrogen) atoms. The fraction of sp³-hybridized carbons (Fsp3) is 0.462. The zero-order chi connectivity index (χ0) is 12.1. The van der Waals surface area contributed by atoms with E-state index in [9.17, 15) is 0 Å². The zero-order valence-electron chi connectivity index (χ0n) is 10.1. The summed E-state index contributed by atoms with van der Waals surface area (Å²) in [5, 5.41) is 0. The van der Waals surface area contributed by atoms with Crippen LogP contribution in [0.4, 0.5) is 0 Å². The quantitative estimate of drug-likeness (QED) is 0.846. The van der Waals surface area contributed by atoms with Crippen molar-refractivity contribution < 1.29 is 9.47 Å². The number of para-hydroxylation sites is 1. The van der Waals surface area contributed by atoms with Gasteiger partial charge in [0.15, 0.2) is 5.90 Å². The smallest absolute Gasteiger partial charge is 0.184 e. The summed E-state index contributed by atoms with van der Waals surface area (Å²) < 4.78 is 10.9. The molecule has 1 aliphatic rings. The molecule has 0 fully saturated rings. The first-order valence-corrected chi connectivity index (χ1v) is 5.87. The lowest BCUT2D eigenvalue weighted by molar-refractivity contribution is 0.307. The Morgan fingerprint density at radius 3 is 3.06 bits per heavy atom. The van der Waals surface area contributed by atoms with E-state index in [1.54, 1.807) is 7.11 Å². The molecule has 0 amide bonds. The number of benzene rings is 1. The van der Waals surface area contributed by atoms with Crippen LogP contribution in [0.3, 0.4) is 0 Å². The number of hydrogen-bond donors (Lipinski definition) is 1. The molecule has 92 valence electrons. The second kappa shape index (κ2) is 5.68. The average Bonchev–Trinajstić information content (AvgIpc) is 2.85. The lowest BCUT2D eigenvalue weighted by Gasteiger charge is -2.10. The Morgan fingerprint density at radius 2 is 2.29 bits per heavy atom. The lowest BCUT2D eigenvalue weighted by atomic mass is 10.1. The van der Waals surface area contributed by atoms with Crippen molar-refractivity contribution in [2.24, 2.45) is 10.7 Å². The summed E-state index contributed by atoms with van der Waals surface area (Å²) in [6, 6.07) is 7.98. The second-order valence-corrected chi connectivity index (χ2v) is 3.98. The molecule has 1 aromatic carbocycles. The van der Waals surface area contributed by atoms with Gasteiger partial charge in [-0.05, 0) is 19.0 Å². The Balaban J connectivity index is 2.11. The van der Waals surface area contributed by atoms with E-state index in [1.165, 1.54) is 0 Å². The van der Waals surface area contributed by atoms with Gasteiger partial charge in [0.2, 0.25) is 0 Å². The summed E-state index contributed by atoms with van der Waals surface area (Å²) in [6.07, 6.45) is 1.74. The number of rotatable bonds is 5. The van der Waals surface area contributed by atoms with Gasteiger partial charge >= 0.3 is 0 Å². The number of hydrogen-bond acceptors (Lipinski definition) is 4. The molecular weight excluding hydrogens is 216 g/mol. The van der Waals surface area contributed by atoms with Crippen LogP contribution in [0.5, 0.6) is 5.75 Å². The SMILES string of the molecule is COc1ccccc1C1COC(CCCN)=N1. The van der Waals surface area contributed by atoms with Gasteiger partial charge in [-0.2, -0.15) is 0 Å². The molecule has 1 heterocycles. The Morgan fingerprint density at radius 1 is 1.47 bits per heavy atom. The molecule has 0 saturated carbocycles. The summed E-state index contributed by atoms with van der Waals surface area (Å²) in [4.78, 5) is 4.56. The van der Waals surface area contributed by atoms with Gasteiger partial charge in [-0.25, -0.2) is 4.99 Å². The van der Waals surface area contributed by atoms with Crippen molar-refractivity contribution in [1.82, 2.24) is 0 Å². The normalized spacial score (nSPS) is 18.7. The van der Waals surface area contributed by atoms with Gasteiger partial charge in [-0.15, -0.1) is 0 Å². The van der Waals surface area contributed by atoms with Crippen molar-refractivity contribution in [2.75, 3.05) is 20.3 Å². The molecule has 4 heteroatoms. The fourth-order valence-corrected chi connectivity index (χ4v) is 1.91. The van der Waals surface area contributed by atoms with Gasteiger partial charge < -0.3 is 15.2 Å². The number of nitrogens with two attached hydrogens (primary N) is 1. The molecule has 2 rings (SSSR count). The van der Waals surface area contributed by atoms with E-state index in [-0.39, 0.29) is 6.04 Å². The predicted octanol–water partition coefficient (Wildman–Crippen LogP) is 1.90. The standard InChI is InChI=1S/C13H18N2O2/c1-16-12-6-3-2-5-10(12)11-9-17-13(15-11)7-4-8-14/h2-3,5-6,11H,4,7-9,14H2,1H3. The van der Waals surface area contributed by atoms with Crippen molar-refractivity contribution in [3.8, 4) is 5.75 Å². The molecule has 0 aromatic heterocycles. The molecule has 1 atom stereocenters. The Bertz CT molecular complexity index is 404. The molecule has 0 radical (unpaired) electrons. The number of ether oxygens (including phenoxy) is 2. The molecule has 0 aliphatic carbocycles. The lowest BCUT2D eigenvalue weighted by Crippen LogP contribution is -2.04. The first-order chi connectivity index (χ1) is 8.35. The van der Waals surface area contributed by atoms with Crippen LogP contribution in [0.25, 0.3) is 0 Å². The van der Waals surface area contributed by atoms with Crippen LogP contribution in [0, 0.1) is 0 Å². The predicted molar refractivity (Wildman–Crippen MR) is 67.4 cm³/mol. The number of nitrogens with zero attached hydrogens (tertiary/aromatic N) is 1. The van der Waals surface area contributed by atoms with Crippen LogP contribution >= 0.6 is 0 Å². The second-order valence-electron chi connectivity index (χ2n) is 3.98. The largest absolute Gasteiger partial charge is 0.496 e. The van der Waals surface area contributed by atoms with Gasteiger partial charge in [0, 0.05) is 12.0 Å². The average molecular weight is 234 g/mol. The van der Waals surface area contributed by atoms with Gasteiger partial charge in [0.1, 0.15) is 18.4 Å². The summed E-state index contributed by atoms with van der Waals surface area (Å²) >= 11 is 0. The van der Waals surface area contributed by atoms with Crippen molar-refractivity contribution in [1.29, 1.82) is 0 Å². The molecule has 0 spiro atoms. The Kier molecular flexibility index (Phi) is 3.98. The zero-order valence-corrected chi connectivity index (χ0v) is 10.1. The van der Waals surface area contributed by atoms with E-state index in [2.05, 4.69) is 4.99 Å². The van der Waals surface area contributed by atoms with Crippen LogP contribution in [-0.4, -0.2) is 26.2 Å². The first kappa shape index (κ1) is 11.9. The van der Waals surface area contributed by atoms with Crippen LogP contribution in [0.1, 0.15) is 24.4 Å². The fourth-order valence-electron chi connectivity index (χ4n) is 1.91. The molecule has 0 bridgehead atoms. The van der Waals surface area contributed by atoms with E-state index in [1.807, 2.05) is 24.3 Å². The number of methoxy groups -OCH3 is 1. The van der Waals surface area contributed by atoms with E-state index in [4.69, 9.17) is 15.2 Å². The number of aliphatic imine (C=N–C) groups is 1. The summed E-state index contributed by atoms with van der Waals surface area (Å²) in [7, 11) is 1.67. The minimum absolute atomic E-state index is 0.0546. The minimum atomic E-state index is 0.0546. The van der Waals surface area contributed by atoms with Crippen molar-refractivity contribution in [3.05, 3.63) is 29.8 Å². The van der Waals surface area contributed by atoms with Gasteiger partial charge in [0.05, 0.1) is 7.11 Å². The summed E-state index contributed by atoms with van der Waals surface area (Å²) in [5.41, 5.74) is 6.55. The summed E-state index contributed by atoms with van der Waals surface area (Å²) in [5.74, 6) is 1.68. The molecule has 1 unspecified atom stereocenters. The van der Waals surface area contributed by atoms with Crippen molar-refractivity contribution in [2.45, 2.75) is 18.9 Å². The third-order valence-electron chi connectivity index (χ3n) is 2.80. The van der Waals surface area contributed by atoms with E-state index in [0.29, 0.717) is 13.2 Å². The first-order valence-electron chi connectivity index (χ1n) is 5.87. The maximum absolute atomic E-state index is 5.56. The monoisotopic (exact) mass is 234 g/mol. The van der Waals surface area contributed by atoms with Gasteiger partial charge in [0.25, 0.3) is 0 Å². The molecule has 1 aliphatic heterocycles. The van der Waals surface area contributed by atoms with Crippen LogP contribution in [-0.2, 0) is 4.74 Å². The maximum atomic E-state index is 5.56. The van der Waals surface area contributed by atoms with Crippen LogP contribution in [0.2, 0.25) is 0 Å². The van der Waals surface area contributed by atoms with Crippen LogP contribution in [0.15, 0.2) is 29.3 Å². The minimum Gasteiger partial charge on any atom is -0.496 e. The Hall–Kier alpha value is -1.55. The van der Waals surface area contributed by atoms with E-state index in [0.717, 1.165) is 30.1 Å². The Labute approximate surface area is 101 Å². The van der Waals surface area contributed by atoms with Gasteiger partial charge in [-0.1, -0.05) is 18.2 Å². The highest BCUT2D eigenvalue weighted by atomic mass is 16.5. The topological polar surface area (TPSA) is 56.8 Å². The third kappa shape index (κ3) is 2.77. The third-order valence-corrected chi connectivity index (χ3v) is 2.80. The highest BCUT2D eigenvalue weighted by molar-refractivity contribution is 5.78. The highest BCUT2D eigenvalue weighted by Gasteiger charge is 2.22. The molecule has 4 nitrogen and oxygen atoms in total. The maximum Gasteiger partial charge on any atom is 0.184 e. The van der Waals surface area contributed by atoms with Crippen molar-refractivity contribution >= 4 is 5.90 Å². The molecular formula is C13H18N2O2. The molecule has 2 N–H and O–H groups in total. The van der Waals surface area contributed by atoms with Crippen LogP contribution < -0.4 is 10.5 Å². The van der Waals surface area contributed by atoms with Crippen molar-refractivity contribution in [3.63, 3.8) is 0 Å². The van der Waals surface area contributed by atoms with Gasteiger partial charge in [-0.3, -0.25) is 0 Å².